The van der Waals surface area contributed by atoms with Crippen LogP contribution in [-0.2, 0) is 16.0 Å². The molecule has 1 unspecified atom stereocenters. The van der Waals surface area contributed by atoms with Crippen molar-refractivity contribution in [2.75, 3.05) is 6.54 Å². The van der Waals surface area contributed by atoms with E-state index >= 15 is 0 Å². The lowest BCUT2D eigenvalue weighted by molar-refractivity contribution is -0.141. The van der Waals surface area contributed by atoms with E-state index in [0.29, 0.717) is 11.6 Å². The fourth-order valence-corrected chi connectivity index (χ4v) is 2.08. The monoisotopic (exact) mass is 252 g/mol. The largest absolute Gasteiger partial charge is 0.326 e. The number of imide groups is 1. The average Bonchev–Trinajstić information content (AvgIpc) is 2.61. The molecule has 90 valence electrons. The molecule has 0 aromatic heterocycles. The number of amides is 2. The van der Waals surface area contributed by atoms with Gasteiger partial charge in [-0.05, 0) is 11.6 Å². The van der Waals surface area contributed by atoms with Gasteiger partial charge in [0, 0.05) is 24.0 Å². The van der Waals surface area contributed by atoms with Crippen molar-refractivity contribution in [3.05, 3.63) is 34.9 Å². The van der Waals surface area contributed by atoms with E-state index < -0.39 is 0 Å². The van der Waals surface area contributed by atoms with E-state index in [-0.39, 0.29) is 30.7 Å². The van der Waals surface area contributed by atoms with E-state index in [2.05, 4.69) is 0 Å². The van der Waals surface area contributed by atoms with Crippen LogP contribution in [0.1, 0.15) is 12.0 Å². The zero-order valence-electron chi connectivity index (χ0n) is 9.23. The predicted molar refractivity (Wildman–Crippen MR) is 64.5 cm³/mol. The number of nitrogens with two attached hydrogens (primary N) is 1. The first-order chi connectivity index (χ1) is 8.08. The Bertz CT molecular complexity index is 462. The van der Waals surface area contributed by atoms with Gasteiger partial charge in [0.25, 0.3) is 0 Å². The molecular weight excluding hydrogens is 240 g/mol. The van der Waals surface area contributed by atoms with Crippen molar-refractivity contribution >= 4 is 23.4 Å². The van der Waals surface area contributed by atoms with Gasteiger partial charge in [-0.1, -0.05) is 29.8 Å². The maximum atomic E-state index is 11.9. The van der Waals surface area contributed by atoms with Gasteiger partial charge >= 0.3 is 0 Å². The minimum absolute atomic E-state index is 0.137. The standard InChI is InChI=1S/C12H13ClN2O2/c13-10-4-2-1-3-8(10)5-11(16)15-7-9(14)6-12(15)17/h1-4,9H,5-7,14H2. The second kappa shape index (κ2) is 4.85. The molecule has 1 aliphatic heterocycles. The van der Waals surface area contributed by atoms with Gasteiger partial charge < -0.3 is 5.73 Å². The first-order valence-corrected chi connectivity index (χ1v) is 5.78. The second-order valence-electron chi connectivity index (χ2n) is 4.13. The van der Waals surface area contributed by atoms with Gasteiger partial charge in [0.05, 0.1) is 6.42 Å². The van der Waals surface area contributed by atoms with Crippen LogP contribution in [0.3, 0.4) is 0 Å². The number of likely N-dealkylation sites (tertiary alicyclic amines) is 1. The smallest absolute Gasteiger partial charge is 0.233 e. The molecule has 2 amide bonds. The molecule has 1 aliphatic rings. The van der Waals surface area contributed by atoms with Crippen molar-refractivity contribution in [2.45, 2.75) is 18.9 Å². The van der Waals surface area contributed by atoms with Crippen molar-refractivity contribution < 1.29 is 9.59 Å². The molecule has 0 bridgehead atoms. The highest BCUT2D eigenvalue weighted by Crippen LogP contribution is 2.18. The summed E-state index contributed by atoms with van der Waals surface area (Å²) in [5, 5.41) is 0.539. The van der Waals surface area contributed by atoms with Gasteiger partial charge in [-0.2, -0.15) is 0 Å². The van der Waals surface area contributed by atoms with Gasteiger partial charge in [-0.25, -0.2) is 0 Å². The zero-order valence-corrected chi connectivity index (χ0v) is 9.98. The molecule has 0 saturated carbocycles. The Labute approximate surface area is 104 Å². The molecule has 4 nitrogen and oxygen atoms in total. The van der Waals surface area contributed by atoms with Crippen LogP contribution in [0.15, 0.2) is 24.3 Å². The minimum Gasteiger partial charge on any atom is -0.326 e. The lowest BCUT2D eigenvalue weighted by Crippen LogP contribution is -2.35. The number of hydrogen-bond donors (Lipinski definition) is 1. The molecule has 5 heteroatoms. The number of benzene rings is 1. The predicted octanol–water partition coefficient (Wildman–Crippen LogP) is 0.969. The number of carbonyl (C=O) groups is 2. The summed E-state index contributed by atoms with van der Waals surface area (Å²) >= 11 is 5.96. The summed E-state index contributed by atoms with van der Waals surface area (Å²) < 4.78 is 0. The molecular formula is C12H13ClN2O2. The highest BCUT2D eigenvalue weighted by molar-refractivity contribution is 6.31. The first-order valence-electron chi connectivity index (χ1n) is 5.40. The van der Waals surface area contributed by atoms with Gasteiger partial charge in [-0.3, -0.25) is 14.5 Å². The molecule has 0 aliphatic carbocycles. The third kappa shape index (κ3) is 2.65. The fraction of sp³-hybridized carbons (Fsp3) is 0.333. The molecule has 0 spiro atoms. The van der Waals surface area contributed by atoms with Crippen molar-refractivity contribution in [1.82, 2.24) is 4.90 Å². The molecule has 0 radical (unpaired) electrons. The Balaban J connectivity index is 2.08. The highest BCUT2D eigenvalue weighted by Gasteiger charge is 2.31. The van der Waals surface area contributed by atoms with Gasteiger partial charge in [0.1, 0.15) is 0 Å². The summed E-state index contributed by atoms with van der Waals surface area (Å²) in [5.41, 5.74) is 6.36. The fourth-order valence-electron chi connectivity index (χ4n) is 1.88. The third-order valence-electron chi connectivity index (χ3n) is 2.76. The molecule has 2 rings (SSSR count). The Morgan fingerprint density at radius 2 is 2.18 bits per heavy atom. The topological polar surface area (TPSA) is 63.4 Å². The van der Waals surface area contributed by atoms with Crippen molar-refractivity contribution in [3.8, 4) is 0 Å². The lowest BCUT2D eigenvalue weighted by atomic mass is 10.1. The van der Waals surface area contributed by atoms with Crippen molar-refractivity contribution in [1.29, 1.82) is 0 Å². The molecule has 17 heavy (non-hydrogen) atoms. The van der Waals surface area contributed by atoms with Gasteiger partial charge in [-0.15, -0.1) is 0 Å². The summed E-state index contributed by atoms with van der Waals surface area (Å²) in [7, 11) is 0. The van der Waals surface area contributed by atoms with E-state index in [1.165, 1.54) is 4.90 Å². The molecule has 1 aromatic rings. The molecule has 1 fully saturated rings. The molecule has 2 N–H and O–H groups in total. The summed E-state index contributed by atoms with van der Waals surface area (Å²) in [6.07, 6.45) is 0.381. The van der Waals surface area contributed by atoms with E-state index in [9.17, 15) is 9.59 Å². The van der Waals surface area contributed by atoms with E-state index in [1.807, 2.05) is 6.07 Å². The summed E-state index contributed by atoms with van der Waals surface area (Å²) in [4.78, 5) is 24.6. The number of rotatable bonds is 2. The van der Waals surface area contributed by atoms with Crippen LogP contribution >= 0.6 is 11.6 Å². The van der Waals surface area contributed by atoms with E-state index in [0.717, 1.165) is 5.56 Å². The number of hydrogen-bond acceptors (Lipinski definition) is 3. The van der Waals surface area contributed by atoms with Gasteiger partial charge in [0.15, 0.2) is 0 Å². The Hall–Kier alpha value is -1.39. The normalized spacial score (nSPS) is 19.8. The molecule has 1 atom stereocenters. The minimum atomic E-state index is -0.240. The Morgan fingerprint density at radius 1 is 1.47 bits per heavy atom. The van der Waals surface area contributed by atoms with Crippen LogP contribution in [0.5, 0.6) is 0 Å². The van der Waals surface area contributed by atoms with E-state index in [1.54, 1.807) is 18.2 Å². The van der Waals surface area contributed by atoms with Crippen LogP contribution in [-0.4, -0.2) is 29.3 Å². The third-order valence-corrected chi connectivity index (χ3v) is 3.12. The SMILES string of the molecule is NC1CC(=O)N(C(=O)Cc2ccccc2Cl)C1. The maximum absolute atomic E-state index is 11.9. The Morgan fingerprint density at radius 3 is 2.76 bits per heavy atom. The quantitative estimate of drug-likeness (QED) is 0.853. The lowest BCUT2D eigenvalue weighted by Gasteiger charge is -2.14. The second-order valence-corrected chi connectivity index (χ2v) is 4.54. The summed E-state index contributed by atoms with van der Waals surface area (Å²) in [5.74, 6) is -0.439. The number of halogens is 1. The van der Waals surface area contributed by atoms with Crippen LogP contribution < -0.4 is 5.73 Å². The summed E-state index contributed by atoms with van der Waals surface area (Å²) in [6.45, 7) is 0.308. The van der Waals surface area contributed by atoms with Crippen LogP contribution in [0.2, 0.25) is 5.02 Å². The maximum Gasteiger partial charge on any atom is 0.233 e. The van der Waals surface area contributed by atoms with Crippen LogP contribution in [0, 0.1) is 0 Å². The molecule has 1 aromatic carbocycles. The average molecular weight is 253 g/mol. The van der Waals surface area contributed by atoms with Crippen molar-refractivity contribution in [2.24, 2.45) is 5.73 Å². The Kier molecular flexibility index (Phi) is 3.45. The zero-order chi connectivity index (χ0) is 12.4. The van der Waals surface area contributed by atoms with Crippen molar-refractivity contribution in [3.63, 3.8) is 0 Å². The summed E-state index contributed by atoms with van der Waals surface area (Å²) in [6, 6.07) is 6.87. The first kappa shape index (κ1) is 12.1. The van der Waals surface area contributed by atoms with Gasteiger partial charge in [0.2, 0.25) is 11.8 Å². The highest BCUT2D eigenvalue weighted by atomic mass is 35.5. The van der Waals surface area contributed by atoms with Crippen LogP contribution in [0.4, 0.5) is 0 Å². The van der Waals surface area contributed by atoms with Crippen LogP contribution in [0.25, 0.3) is 0 Å². The molecule has 1 saturated heterocycles. The number of carbonyl (C=O) groups excluding carboxylic acids is 2. The van der Waals surface area contributed by atoms with E-state index in [4.69, 9.17) is 17.3 Å². The molecule has 1 heterocycles. The number of nitrogens with zero attached hydrogens (tertiary/aromatic N) is 1.